The Bertz CT molecular complexity index is 442. The van der Waals surface area contributed by atoms with E-state index in [9.17, 15) is 0 Å². The molecule has 1 N–H and O–H groups in total. The van der Waals surface area contributed by atoms with Crippen LogP contribution in [0.4, 0.5) is 5.82 Å². The minimum absolute atomic E-state index is 0.0723. The van der Waals surface area contributed by atoms with E-state index < -0.39 is 0 Å². The van der Waals surface area contributed by atoms with E-state index in [-0.39, 0.29) is 5.60 Å². The minimum Gasteiger partial charge on any atom is -0.373 e. The molecule has 5 heteroatoms. The van der Waals surface area contributed by atoms with Crippen molar-refractivity contribution in [3.05, 3.63) is 17.0 Å². The van der Waals surface area contributed by atoms with Crippen LogP contribution in [-0.2, 0) is 4.74 Å². The van der Waals surface area contributed by atoms with Crippen LogP contribution in [0, 0.1) is 0 Å². The molecule has 1 aliphatic carbocycles. The Morgan fingerprint density at radius 2 is 2.33 bits per heavy atom. The van der Waals surface area contributed by atoms with Gasteiger partial charge in [-0.1, -0.05) is 11.6 Å². The monoisotopic (exact) mass is 267 g/mol. The molecule has 1 aromatic heterocycles. The van der Waals surface area contributed by atoms with Crippen LogP contribution in [-0.4, -0.2) is 28.7 Å². The smallest absolute Gasteiger partial charge is 0.135 e. The fourth-order valence-electron chi connectivity index (χ4n) is 2.30. The van der Waals surface area contributed by atoms with Gasteiger partial charge in [-0.15, -0.1) is 0 Å². The maximum absolute atomic E-state index is 6.03. The first kappa shape index (κ1) is 12.2. The molecule has 1 atom stereocenters. The van der Waals surface area contributed by atoms with Crippen LogP contribution >= 0.6 is 11.6 Å². The van der Waals surface area contributed by atoms with Gasteiger partial charge in [0, 0.05) is 25.1 Å². The molecule has 1 saturated carbocycles. The van der Waals surface area contributed by atoms with E-state index >= 15 is 0 Å². The van der Waals surface area contributed by atoms with Gasteiger partial charge in [-0.2, -0.15) is 0 Å². The zero-order chi connectivity index (χ0) is 12.6. The maximum atomic E-state index is 6.03. The Kier molecular flexibility index (Phi) is 3.16. The Labute approximate surface area is 112 Å². The molecule has 1 aliphatic heterocycles. The van der Waals surface area contributed by atoms with Crippen LogP contribution in [0.25, 0.3) is 0 Å². The summed E-state index contributed by atoms with van der Waals surface area (Å²) in [6, 6.07) is 1.78. The number of hydrogen-bond acceptors (Lipinski definition) is 4. The second-order valence-electron chi connectivity index (χ2n) is 5.46. The van der Waals surface area contributed by atoms with Crippen molar-refractivity contribution in [2.75, 3.05) is 18.5 Å². The van der Waals surface area contributed by atoms with Crippen LogP contribution in [0.2, 0.25) is 5.15 Å². The molecule has 4 nitrogen and oxygen atoms in total. The molecule has 3 rings (SSSR count). The van der Waals surface area contributed by atoms with Gasteiger partial charge >= 0.3 is 0 Å². The number of anilines is 1. The van der Waals surface area contributed by atoms with Crippen LogP contribution in [0.5, 0.6) is 0 Å². The zero-order valence-electron chi connectivity index (χ0n) is 10.6. The lowest BCUT2D eigenvalue weighted by Crippen LogP contribution is -2.32. The first-order chi connectivity index (χ1) is 8.65. The van der Waals surface area contributed by atoms with E-state index in [4.69, 9.17) is 16.3 Å². The highest BCUT2D eigenvalue weighted by atomic mass is 35.5. The van der Waals surface area contributed by atoms with E-state index in [1.165, 1.54) is 12.8 Å². The maximum Gasteiger partial charge on any atom is 0.135 e. The first-order valence-corrected chi connectivity index (χ1v) is 6.95. The van der Waals surface area contributed by atoms with Gasteiger partial charge < -0.3 is 10.1 Å². The van der Waals surface area contributed by atoms with Crippen LogP contribution < -0.4 is 5.32 Å². The number of hydrogen-bond donors (Lipinski definition) is 1. The predicted octanol–water partition coefficient (Wildman–Crippen LogP) is 2.99. The molecular formula is C13H18ClN3O. The first-order valence-electron chi connectivity index (χ1n) is 6.57. The second kappa shape index (κ2) is 4.67. The fourth-order valence-corrected chi connectivity index (χ4v) is 2.49. The van der Waals surface area contributed by atoms with E-state index in [0.29, 0.717) is 11.1 Å². The van der Waals surface area contributed by atoms with Gasteiger partial charge in [-0.05, 0) is 32.6 Å². The van der Waals surface area contributed by atoms with Crippen molar-refractivity contribution >= 4 is 17.4 Å². The van der Waals surface area contributed by atoms with Crippen molar-refractivity contribution in [2.45, 2.75) is 44.1 Å². The Balaban J connectivity index is 1.68. The van der Waals surface area contributed by atoms with Gasteiger partial charge in [0.2, 0.25) is 0 Å². The molecule has 0 amide bonds. The molecule has 98 valence electrons. The van der Waals surface area contributed by atoms with Crippen molar-refractivity contribution in [3.8, 4) is 0 Å². The lowest BCUT2D eigenvalue weighted by molar-refractivity contribution is 0.0314. The number of nitrogens with zero attached hydrogens (tertiary/aromatic N) is 2. The standard InChI is InChI=1S/C13H18ClN3O/c1-13(5-2-6-18-13)8-15-11-7-10(14)16-12(17-11)9-3-4-9/h7,9H,2-6,8H2,1H3,(H,15,16,17). The molecular weight excluding hydrogens is 250 g/mol. The molecule has 0 aromatic carbocycles. The molecule has 2 fully saturated rings. The van der Waals surface area contributed by atoms with Gasteiger partial charge in [-0.3, -0.25) is 0 Å². The van der Waals surface area contributed by atoms with Crippen LogP contribution in [0.3, 0.4) is 0 Å². The van der Waals surface area contributed by atoms with E-state index in [1.807, 2.05) is 0 Å². The van der Waals surface area contributed by atoms with Crippen molar-refractivity contribution in [2.24, 2.45) is 0 Å². The molecule has 1 unspecified atom stereocenters. The summed E-state index contributed by atoms with van der Waals surface area (Å²) in [5, 5.41) is 3.85. The topological polar surface area (TPSA) is 47.0 Å². The Morgan fingerprint density at radius 3 is 3.00 bits per heavy atom. The number of aromatic nitrogens is 2. The molecule has 18 heavy (non-hydrogen) atoms. The van der Waals surface area contributed by atoms with Crippen molar-refractivity contribution < 1.29 is 4.74 Å². The summed E-state index contributed by atoms with van der Waals surface area (Å²) in [4.78, 5) is 8.80. The van der Waals surface area contributed by atoms with Crippen LogP contribution in [0.1, 0.15) is 44.3 Å². The second-order valence-corrected chi connectivity index (χ2v) is 5.85. The summed E-state index contributed by atoms with van der Waals surface area (Å²) in [5.74, 6) is 2.21. The Morgan fingerprint density at radius 1 is 1.50 bits per heavy atom. The van der Waals surface area contributed by atoms with Crippen molar-refractivity contribution in [1.29, 1.82) is 0 Å². The molecule has 0 bridgehead atoms. The van der Waals surface area contributed by atoms with Gasteiger partial charge in [0.15, 0.2) is 0 Å². The summed E-state index contributed by atoms with van der Waals surface area (Å²) >= 11 is 6.03. The lowest BCUT2D eigenvalue weighted by Gasteiger charge is -2.23. The van der Waals surface area contributed by atoms with Gasteiger partial charge in [0.25, 0.3) is 0 Å². The molecule has 0 spiro atoms. The van der Waals surface area contributed by atoms with Gasteiger partial charge in [0.05, 0.1) is 5.60 Å². The molecule has 0 radical (unpaired) electrons. The number of rotatable bonds is 4. The predicted molar refractivity (Wildman–Crippen MR) is 71.1 cm³/mol. The highest BCUT2D eigenvalue weighted by molar-refractivity contribution is 6.29. The number of nitrogens with one attached hydrogen (secondary N) is 1. The number of ether oxygens (including phenoxy) is 1. The van der Waals surface area contributed by atoms with E-state index in [2.05, 4.69) is 22.2 Å². The van der Waals surface area contributed by atoms with Crippen molar-refractivity contribution in [1.82, 2.24) is 9.97 Å². The average Bonchev–Trinajstić information content (AvgIpc) is 3.10. The third-order valence-corrected chi connectivity index (χ3v) is 3.79. The summed E-state index contributed by atoms with van der Waals surface area (Å²) in [5.41, 5.74) is -0.0723. The minimum atomic E-state index is -0.0723. The molecule has 1 saturated heterocycles. The normalized spacial score (nSPS) is 27.4. The van der Waals surface area contributed by atoms with Gasteiger partial charge in [-0.25, -0.2) is 9.97 Å². The molecule has 2 aliphatic rings. The average molecular weight is 268 g/mol. The largest absolute Gasteiger partial charge is 0.373 e. The van der Waals surface area contributed by atoms with Crippen molar-refractivity contribution in [3.63, 3.8) is 0 Å². The molecule has 2 heterocycles. The lowest BCUT2D eigenvalue weighted by atomic mass is 10.0. The third-order valence-electron chi connectivity index (χ3n) is 3.60. The summed E-state index contributed by atoms with van der Waals surface area (Å²) in [6.07, 6.45) is 4.59. The van der Waals surface area contributed by atoms with E-state index in [0.717, 1.165) is 37.6 Å². The highest BCUT2D eigenvalue weighted by Gasteiger charge is 2.30. The fraction of sp³-hybridized carbons (Fsp3) is 0.692. The number of halogens is 1. The Hall–Kier alpha value is -0.870. The zero-order valence-corrected chi connectivity index (χ0v) is 11.3. The SMILES string of the molecule is CC1(CNc2cc(Cl)nc(C3CC3)n2)CCCO1. The third kappa shape index (κ3) is 2.75. The summed E-state index contributed by atoms with van der Waals surface area (Å²) < 4.78 is 5.74. The van der Waals surface area contributed by atoms with Gasteiger partial charge in [0.1, 0.15) is 16.8 Å². The van der Waals surface area contributed by atoms with E-state index in [1.54, 1.807) is 6.07 Å². The quantitative estimate of drug-likeness (QED) is 0.852. The highest BCUT2D eigenvalue weighted by Crippen LogP contribution is 2.38. The molecule has 1 aromatic rings. The van der Waals surface area contributed by atoms with Crippen LogP contribution in [0.15, 0.2) is 6.07 Å². The summed E-state index contributed by atoms with van der Waals surface area (Å²) in [7, 11) is 0. The summed E-state index contributed by atoms with van der Waals surface area (Å²) in [6.45, 7) is 3.76.